The van der Waals surface area contributed by atoms with Crippen LogP contribution in [0.5, 0.6) is 0 Å². The summed E-state index contributed by atoms with van der Waals surface area (Å²) >= 11 is 11.5. The summed E-state index contributed by atoms with van der Waals surface area (Å²) < 4.78 is 0. The molecule has 0 nitrogen and oxygen atoms in total. The molecule has 0 bridgehead atoms. The third-order valence-corrected chi connectivity index (χ3v) is 19.3. The summed E-state index contributed by atoms with van der Waals surface area (Å²) in [4.78, 5) is 15.2. The van der Waals surface area contributed by atoms with Crippen molar-refractivity contribution in [2.24, 2.45) is 0 Å². The van der Waals surface area contributed by atoms with Gasteiger partial charge in [0, 0.05) is 58.7 Å². The highest BCUT2D eigenvalue weighted by atomic mass is 32.2. The molecule has 7 rings (SSSR count). The lowest BCUT2D eigenvalue weighted by Gasteiger charge is -2.26. The van der Waals surface area contributed by atoms with Crippen LogP contribution in [-0.4, -0.2) is 0 Å². The first-order chi connectivity index (χ1) is 31.6. The minimum atomic E-state index is 0.463. The Labute approximate surface area is 423 Å². The van der Waals surface area contributed by atoms with E-state index in [1.807, 2.05) is 70.6 Å². The average molecular weight is 980 g/mol. The number of hydrogen-bond acceptors (Lipinski definition) is 6. The Morgan fingerprint density at radius 3 is 0.379 bits per heavy atom. The fourth-order valence-electron chi connectivity index (χ4n) is 7.41. The quantitative estimate of drug-likeness (QED) is 0.0834. The van der Waals surface area contributed by atoms with Crippen LogP contribution in [0.1, 0.15) is 152 Å². The van der Waals surface area contributed by atoms with E-state index in [0.717, 1.165) is 0 Å². The number of rotatable bonds is 18. The molecule has 7 aromatic rings. The topological polar surface area (TPSA) is 0 Å². The van der Waals surface area contributed by atoms with Gasteiger partial charge in [0.15, 0.2) is 0 Å². The van der Waals surface area contributed by atoms with E-state index in [4.69, 9.17) is 0 Å². The maximum Gasteiger partial charge on any atom is 0.0425 e. The summed E-state index contributed by atoms with van der Waals surface area (Å²) in [5.74, 6) is 2.78. The van der Waals surface area contributed by atoms with Crippen LogP contribution in [0.15, 0.2) is 204 Å². The highest BCUT2D eigenvalue weighted by Crippen LogP contribution is 2.59. The van der Waals surface area contributed by atoms with Crippen LogP contribution in [0.25, 0.3) is 0 Å². The molecule has 0 spiro atoms. The second kappa shape index (κ2) is 23.3. The van der Waals surface area contributed by atoms with Gasteiger partial charge < -0.3 is 0 Å². The zero-order valence-electron chi connectivity index (χ0n) is 40.8. The van der Waals surface area contributed by atoms with E-state index in [-0.39, 0.29) is 0 Å². The van der Waals surface area contributed by atoms with E-state index < -0.39 is 0 Å². The average Bonchev–Trinajstić information content (AvgIpc) is 3.30. The molecule has 7 aromatic carbocycles. The largest absolute Gasteiger partial charge is 0.0876 e. The minimum Gasteiger partial charge on any atom is -0.0876 e. The number of benzene rings is 7. The van der Waals surface area contributed by atoms with Gasteiger partial charge in [0.05, 0.1) is 0 Å². The molecule has 0 radical (unpaired) electrons. The molecule has 0 saturated heterocycles. The zero-order chi connectivity index (χ0) is 47.1. The highest BCUT2D eigenvalue weighted by molar-refractivity contribution is 8.07. The molecule has 0 amide bonds. The van der Waals surface area contributed by atoms with Gasteiger partial charge in [-0.1, -0.05) is 226 Å². The Bertz CT molecular complexity index is 2130. The van der Waals surface area contributed by atoms with Crippen LogP contribution < -0.4 is 0 Å². The van der Waals surface area contributed by atoms with Crippen LogP contribution in [0.2, 0.25) is 0 Å². The SMILES string of the molecule is CC(C)c1ccc(Sc2c(Sc3ccc(C(C)C)cc3)c(Sc3ccc(C(C)C)cc3)c(Sc3ccc(C(C)C)cc3)c(Sc3ccc(C(C)C)cc3)c2Sc2ccc(C(C)C)cc2)cc1. The van der Waals surface area contributed by atoms with Crippen molar-refractivity contribution in [2.75, 3.05) is 0 Å². The van der Waals surface area contributed by atoms with Gasteiger partial charge in [0.25, 0.3) is 0 Å². The van der Waals surface area contributed by atoms with Crippen molar-refractivity contribution in [3.8, 4) is 0 Å². The predicted octanol–water partition coefficient (Wildman–Crippen LogP) is 21.3. The first-order valence-electron chi connectivity index (χ1n) is 23.5. The lowest BCUT2D eigenvalue weighted by atomic mass is 10.0. The molecule has 0 N–H and O–H groups in total. The summed E-state index contributed by atoms with van der Waals surface area (Å²) in [5.41, 5.74) is 8.15. The molecular weight excluding hydrogens is 913 g/mol. The van der Waals surface area contributed by atoms with E-state index in [9.17, 15) is 0 Å². The van der Waals surface area contributed by atoms with Gasteiger partial charge in [-0.2, -0.15) is 0 Å². The summed E-state index contributed by atoms with van der Waals surface area (Å²) in [6.07, 6.45) is 0. The van der Waals surface area contributed by atoms with Crippen LogP contribution in [0.4, 0.5) is 0 Å². The number of hydrogen-bond donors (Lipinski definition) is 0. The van der Waals surface area contributed by atoms with Gasteiger partial charge in [0.1, 0.15) is 0 Å². The van der Waals surface area contributed by atoms with Gasteiger partial charge in [-0.15, -0.1) is 0 Å². The van der Waals surface area contributed by atoms with E-state index in [1.165, 1.54) is 92.1 Å². The third kappa shape index (κ3) is 13.0. The second-order valence-corrected chi connectivity index (χ2v) is 25.4. The van der Waals surface area contributed by atoms with E-state index in [0.29, 0.717) is 35.5 Å². The van der Waals surface area contributed by atoms with Crippen molar-refractivity contribution in [1.29, 1.82) is 0 Å². The molecule has 0 fully saturated rings. The molecule has 0 saturated carbocycles. The van der Waals surface area contributed by atoms with E-state index >= 15 is 0 Å². The van der Waals surface area contributed by atoms with Gasteiger partial charge in [0.2, 0.25) is 0 Å². The fourth-order valence-corrected chi connectivity index (χ4v) is 14.7. The smallest absolute Gasteiger partial charge is 0.0425 e. The van der Waals surface area contributed by atoms with Crippen LogP contribution in [-0.2, 0) is 0 Å². The van der Waals surface area contributed by atoms with Crippen molar-refractivity contribution in [3.05, 3.63) is 179 Å². The third-order valence-electron chi connectivity index (χ3n) is 11.8. The standard InChI is InChI=1S/C60H66S6/c1-37(2)43-13-25-49(26-14-43)61-55-56(62-50-27-15-44(16-28-50)38(3)4)58(64-52-31-19-46(20-32-52)40(7)8)60(66-54-35-23-48(24-36-54)42(11)12)59(65-53-33-21-47(22-34-53)41(9)10)57(55)63-51-29-17-45(18-30-51)39(5)6/h13-42H,1-12H3. The summed E-state index contributed by atoms with van der Waals surface area (Å²) in [6.45, 7) is 27.4. The first kappa shape index (κ1) is 50.5. The predicted molar refractivity (Wildman–Crippen MR) is 294 cm³/mol. The van der Waals surface area contributed by atoms with Gasteiger partial charge in [-0.3, -0.25) is 0 Å². The Kier molecular flexibility index (Phi) is 17.8. The molecule has 66 heavy (non-hydrogen) atoms. The Morgan fingerprint density at radius 1 is 0.182 bits per heavy atom. The van der Waals surface area contributed by atoms with Crippen molar-refractivity contribution < 1.29 is 0 Å². The lowest BCUT2D eigenvalue weighted by Crippen LogP contribution is -1.98. The Balaban J connectivity index is 1.57. The molecule has 0 atom stereocenters. The normalized spacial score (nSPS) is 11.9. The van der Waals surface area contributed by atoms with E-state index in [1.54, 1.807) is 0 Å². The van der Waals surface area contributed by atoms with Crippen molar-refractivity contribution in [1.82, 2.24) is 0 Å². The molecule has 6 heteroatoms. The maximum atomic E-state index is 2.34. The first-order valence-corrected chi connectivity index (χ1v) is 28.4. The van der Waals surface area contributed by atoms with Crippen LogP contribution >= 0.6 is 70.6 Å². The van der Waals surface area contributed by atoms with E-state index in [2.05, 4.69) is 229 Å². The van der Waals surface area contributed by atoms with Crippen molar-refractivity contribution >= 4 is 70.6 Å². The van der Waals surface area contributed by atoms with Crippen molar-refractivity contribution in [2.45, 2.75) is 177 Å². The minimum absolute atomic E-state index is 0.463. The summed E-state index contributed by atoms with van der Waals surface area (Å²) in [7, 11) is 0. The van der Waals surface area contributed by atoms with Gasteiger partial charge in [-0.25, -0.2) is 0 Å². The molecule has 342 valence electrons. The second-order valence-electron chi connectivity index (χ2n) is 18.9. The molecule has 0 unspecified atom stereocenters. The summed E-state index contributed by atoms with van der Waals surface area (Å²) in [6, 6.07) is 56.0. The fraction of sp³-hybridized carbons (Fsp3) is 0.300. The molecule has 0 aromatic heterocycles. The van der Waals surface area contributed by atoms with Gasteiger partial charge in [-0.05, 0) is 142 Å². The molecular formula is C60H66S6. The zero-order valence-corrected chi connectivity index (χ0v) is 45.7. The highest BCUT2D eigenvalue weighted by Gasteiger charge is 2.29. The Hall–Kier alpha value is -3.36. The van der Waals surface area contributed by atoms with Crippen molar-refractivity contribution in [3.63, 3.8) is 0 Å². The van der Waals surface area contributed by atoms with Crippen LogP contribution in [0, 0.1) is 0 Å². The molecule has 0 aliphatic rings. The summed E-state index contributed by atoms with van der Waals surface area (Å²) in [5, 5.41) is 0. The van der Waals surface area contributed by atoms with Crippen LogP contribution in [0.3, 0.4) is 0 Å². The Morgan fingerprint density at radius 2 is 0.288 bits per heavy atom. The molecule has 0 heterocycles. The lowest BCUT2D eigenvalue weighted by molar-refractivity contribution is 0.858. The maximum absolute atomic E-state index is 2.34. The monoisotopic (exact) mass is 978 g/mol. The van der Waals surface area contributed by atoms with Gasteiger partial charge >= 0.3 is 0 Å². The molecule has 0 aliphatic carbocycles. The molecule has 0 aliphatic heterocycles.